The molecule has 5 nitrogen and oxygen atoms in total. The molecule has 0 saturated heterocycles. The van der Waals surface area contributed by atoms with E-state index in [0.717, 1.165) is 0 Å². The first-order valence-corrected chi connectivity index (χ1v) is 4.54. The smallest absolute Gasteiger partial charge is 0.337 e. The molecule has 0 spiro atoms. The molecule has 1 unspecified atom stereocenters. The van der Waals surface area contributed by atoms with Crippen LogP contribution in [0.1, 0.15) is 27.2 Å². The SMILES string of the molecule is CCOC(=O)C(N)(CC(C)C)C(=O)O. The molecular formula is C9H17NO4. The van der Waals surface area contributed by atoms with Crippen LogP contribution in [0.5, 0.6) is 0 Å². The van der Waals surface area contributed by atoms with Gasteiger partial charge in [0, 0.05) is 0 Å². The Morgan fingerprint density at radius 2 is 2.00 bits per heavy atom. The molecule has 82 valence electrons. The molecule has 0 aromatic rings. The maximum absolute atomic E-state index is 11.3. The Morgan fingerprint density at radius 1 is 1.50 bits per heavy atom. The zero-order chi connectivity index (χ0) is 11.4. The minimum Gasteiger partial charge on any atom is -0.479 e. The van der Waals surface area contributed by atoms with Crippen LogP contribution in [0.15, 0.2) is 0 Å². The van der Waals surface area contributed by atoms with Crippen molar-refractivity contribution in [2.45, 2.75) is 32.7 Å². The van der Waals surface area contributed by atoms with Crippen LogP contribution in [0.2, 0.25) is 0 Å². The van der Waals surface area contributed by atoms with Crippen LogP contribution in [0.25, 0.3) is 0 Å². The van der Waals surface area contributed by atoms with Gasteiger partial charge in [-0.3, -0.25) is 0 Å². The van der Waals surface area contributed by atoms with Gasteiger partial charge in [-0.05, 0) is 19.3 Å². The Balaban J connectivity index is 4.71. The quantitative estimate of drug-likeness (QED) is 0.498. The van der Waals surface area contributed by atoms with Crippen molar-refractivity contribution in [3.05, 3.63) is 0 Å². The van der Waals surface area contributed by atoms with Gasteiger partial charge in [0.2, 0.25) is 5.54 Å². The molecule has 5 heteroatoms. The highest BCUT2D eigenvalue weighted by Gasteiger charge is 2.44. The van der Waals surface area contributed by atoms with Gasteiger partial charge in [0.15, 0.2) is 0 Å². The summed E-state index contributed by atoms with van der Waals surface area (Å²) in [5.41, 5.74) is 3.58. The van der Waals surface area contributed by atoms with E-state index in [1.807, 2.05) is 0 Å². The van der Waals surface area contributed by atoms with Gasteiger partial charge in [0.05, 0.1) is 6.61 Å². The van der Waals surface area contributed by atoms with E-state index in [9.17, 15) is 9.59 Å². The maximum Gasteiger partial charge on any atom is 0.337 e. The number of ether oxygens (including phenoxy) is 1. The number of carbonyl (C=O) groups is 2. The lowest BCUT2D eigenvalue weighted by Crippen LogP contribution is -2.56. The number of nitrogens with two attached hydrogens (primary N) is 1. The molecule has 3 N–H and O–H groups in total. The van der Waals surface area contributed by atoms with E-state index in [0.29, 0.717) is 0 Å². The molecule has 0 aliphatic carbocycles. The Bertz CT molecular complexity index is 227. The second-order valence-electron chi connectivity index (χ2n) is 3.59. The summed E-state index contributed by atoms with van der Waals surface area (Å²) in [6, 6.07) is 0. The number of carbonyl (C=O) groups excluding carboxylic acids is 1. The lowest BCUT2D eigenvalue weighted by Gasteiger charge is -2.23. The Labute approximate surface area is 83.2 Å². The number of carboxylic acid groups (broad SMARTS) is 1. The van der Waals surface area contributed by atoms with E-state index < -0.39 is 17.5 Å². The molecule has 0 radical (unpaired) electrons. The molecule has 1 atom stereocenters. The van der Waals surface area contributed by atoms with E-state index in [1.165, 1.54) is 0 Å². The highest BCUT2D eigenvalue weighted by Crippen LogP contribution is 2.16. The molecule has 0 aromatic carbocycles. The molecular weight excluding hydrogens is 186 g/mol. The van der Waals surface area contributed by atoms with Crippen LogP contribution in [-0.4, -0.2) is 29.2 Å². The Hall–Kier alpha value is -1.10. The average Bonchev–Trinajstić information content (AvgIpc) is 2.02. The molecule has 0 aromatic heterocycles. The fourth-order valence-electron chi connectivity index (χ4n) is 1.16. The van der Waals surface area contributed by atoms with Gasteiger partial charge in [-0.15, -0.1) is 0 Å². The lowest BCUT2D eigenvalue weighted by molar-refractivity contribution is -0.161. The maximum atomic E-state index is 11.3. The summed E-state index contributed by atoms with van der Waals surface area (Å²) >= 11 is 0. The van der Waals surface area contributed by atoms with Gasteiger partial charge in [0.1, 0.15) is 0 Å². The second kappa shape index (κ2) is 4.95. The molecule has 0 aliphatic rings. The second-order valence-corrected chi connectivity index (χ2v) is 3.59. The summed E-state index contributed by atoms with van der Waals surface area (Å²) < 4.78 is 4.62. The van der Waals surface area contributed by atoms with Gasteiger partial charge in [-0.25, -0.2) is 9.59 Å². The lowest BCUT2D eigenvalue weighted by atomic mass is 9.90. The molecule has 0 heterocycles. The summed E-state index contributed by atoms with van der Waals surface area (Å²) in [5, 5.41) is 8.85. The third-order valence-corrected chi connectivity index (χ3v) is 1.75. The van der Waals surface area contributed by atoms with Crippen molar-refractivity contribution >= 4 is 11.9 Å². The molecule has 14 heavy (non-hydrogen) atoms. The van der Waals surface area contributed by atoms with E-state index in [1.54, 1.807) is 20.8 Å². The van der Waals surface area contributed by atoms with Crippen molar-refractivity contribution in [1.29, 1.82) is 0 Å². The number of esters is 1. The summed E-state index contributed by atoms with van der Waals surface area (Å²) in [6.07, 6.45) is 0.0706. The topological polar surface area (TPSA) is 89.6 Å². The van der Waals surface area contributed by atoms with Gasteiger partial charge < -0.3 is 15.6 Å². The van der Waals surface area contributed by atoms with Crippen LogP contribution in [-0.2, 0) is 14.3 Å². The number of rotatable bonds is 5. The standard InChI is InChI=1S/C9H17NO4/c1-4-14-8(13)9(10,7(11)12)5-6(2)3/h6H,4-5,10H2,1-3H3,(H,11,12). The Kier molecular flexibility index (Phi) is 4.56. The van der Waals surface area contributed by atoms with Crippen molar-refractivity contribution in [2.24, 2.45) is 11.7 Å². The minimum absolute atomic E-state index is 0.0144. The fourth-order valence-corrected chi connectivity index (χ4v) is 1.16. The van der Waals surface area contributed by atoms with E-state index in [2.05, 4.69) is 4.74 Å². The third-order valence-electron chi connectivity index (χ3n) is 1.75. The van der Waals surface area contributed by atoms with E-state index >= 15 is 0 Å². The van der Waals surface area contributed by atoms with Gasteiger partial charge in [-0.2, -0.15) is 0 Å². The molecule has 0 rings (SSSR count). The molecule has 0 bridgehead atoms. The normalized spacial score (nSPS) is 14.9. The summed E-state index contributed by atoms with van der Waals surface area (Å²) in [7, 11) is 0. The van der Waals surface area contributed by atoms with E-state index in [4.69, 9.17) is 10.8 Å². The van der Waals surface area contributed by atoms with E-state index in [-0.39, 0.29) is 18.9 Å². The van der Waals surface area contributed by atoms with Gasteiger partial charge >= 0.3 is 11.9 Å². The molecule has 0 amide bonds. The Morgan fingerprint density at radius 3 is 2.29 bits per heavy atom. The molecule has 0 aliphatic heterocycles. The summed E-state index contributed by atoms with van der Waals surface area (Å²) in [6.45, 7) is 5.33. The minimum atomic E-state index is -1.91. The first-order chi connectivity index (χ1) is 6.34. The van der Waals surface area contributed by atoms with Crippen LogP contribution in [0.4, 0.5) is 0 Å². The van der Waals surface area contributed by atoms with Crippen molar-refractivity contribution in [3.8, 4) is 0 Å². The fraction of sp³-hybridized carbons (Fsp3) is 0.778. The highest BCUT2D eigenvalue weighted by molar-refractivity contribution is 6.03. The predicted octanol–water partition coefficient (Wildman–Crippen LogP) is 0.378. The summed E-state index contributed by atoms with van der Waals surface area (Å²) in [5.74, 6) is -2.20. The first-order valence-electron chi connectivity index (χ1n) is 4.54. The first kappa shape index (κ1) is 12.9. The molecule has 0 fully saturated rings. The average molecular weight is 203 g/mol. The number of aliphatic carboxylic acids is 1. The van der Waals surface area contributed by atoms with Gasteiger partial charge in [-0.1, -0.05) is 13.8 Å². The zero-order valence-electron chi connectivity index (χ0n) is 8.74. The highest BCUT2D eigenvalue weighted by atomic mass is 16.5. The van der Waals surface area contributed by atoms with Crippen LogP contribution < -0.4 is 5.73 Å². The van der Waals surface area contributed by atoms with Crippen LogP contribution >= 0.6 is 0 Å². The van der Waals surface area contributed by atoms with Crippen molar-refractivity contribution in [3.63, 3.8) is 0 Å². The van der Waals surface area contributed by atoms with Crippen molar-refractivity contribution in [2.75, 3.05) is 6.61 Å². The zero-order valence-corrected chi connectivity index (χ0v) is 8.74. The van der Waals surface area contributed by atoms with Crippen LogP contribution in [0, 0.1) is 5.92 Å². The monoisotopic (exact) mass is 203 g/mol. The van der Waals surface area contributed by atoms with Crippen molar-refractivity contribution in [1.82, 2.24) is 0 Å². The van der Waals surface area contributed by atoms with Crippen molar-refractivity contribution < 1.29 is 19.4 Å². The predicted molar refractivity (Wildman–Crippen MR) is 50.6 cm³/mol. The number of carboxylic acids is 1. The largest absolute Gasteiger partial charge is 0.479 e. The van der Waals surface area contributed by atoms with Crippen LogP contribution in [0.3, 0.4) is 0 Å². The number of hydrogen-bond donors (Lipinski definition) is 2. The van der Waals surface area contributed by atoms with Gasteiger partial charge in [0.25, 0.3) is 0 Å². The summed E-state index contributed by atoms with van der Waals surface area (Å²) in [4.78, 5) is 22.2. The molecule has 0 saturated carbocycles. The number of hydrogen-bond acceptors (Lipinski definition) is 4. The third kappa shape index (κ3) is 2.99.